The molecule has 0 fully saturated rings. The first kappa shape index (κ1) is 19.3. The first-order valence-corrected chi connectivity index (χ1v) is 9.32. The maximum absolute atomic E-state index is 13.1. The number of phenols is 2. The number of benzene rings is 3. The monoisotopic (exact) mass is 401 g/mol. The largest absolute Gasteiger partial charge is 0.508 e. The maximum Gasteiger partial charge on any atom is 0.342 e. The molecule has 0 amide bonds. The van der Waals surface area contributed by atoms with Crippen molar-refractivity contribution in [1.82, 2.24) is 4.57 Å². The number of fused-ring (bicyclic) bond motifs is 1. The van der Waals surface area contributed by atoms with Crippen LogP contribution in [0.25, 0.3) is 22.2 Å². The van der Waals surface area contributed by atoms with Gasteiger partial charge >= 0.3 is 5.97 Å². The predicted octanol–water partition coefficient (Wildman–Crippen LogP) is 4.30. The number of hydrogen-bond donors (Lipinski definition) is 2. The zero-order valence-electron chi connectivity index (χ0n) is 16.2. The van der Waals surface area contributed by atoms with Crippen LogP contribution in [0.5, 0.6) is 11.5 Å². The molecule has 1 heterocycles. The fourth-order valence-corrected chi connectivity index (χ4v) is 3.58. The average Bonchev–Trinajstić information content (AvgIpc) is 3.05. The molecule has 3 aromatic carbocycles. The summed E-state index contributed by atoms with van der Waals surface area (Å²) in [7, 11) is 1.89. The summed E-state index contributed by atoms with van der Waals surface area (Å²) in [6.07, 6.45) is 0. The van der Waals surface area contributed by atoms with Gasteiger partial charge in [-0.1, -0.05) is 48.5 Å². The number of aryl methyl sites for hydroxylation is 1. The minimum atomic E-state index is -0.845. The molecule has 0 spiro atoms. The Labute approximate surface area is 172 Å². The molecule has 6 heteroatoms. The standard InChI is InChI=1S/C24H19NO5/c1-25-19-10-6-5-9-17(19)22(23(25)15-7-3-2-4-8-15)21(28)14-30-24(29)18-12-11-16(26)13-20(18)27/h2-13,26-27H,14H2,1H3. The van der Waals surface area contributed by atoms with E-state index in [9.17, 15) is 19.8 Å². The quantitative estimate of drug-likeness (QED) is 0.385. The molecule has 2 N–H and O–H groups in total. The fourth-order valence-electron chi connectivity index (χ4n) is 3.58. The Balaban J connectivity index is 1.69. The van der Waals surface area contributed by atoms with Gasteiger partial charge in [-0.25, -0.2) is 4.79 Å². The van der Waals surface area contributed by atoms with E-state index in [2.05, 4.69) is 0 Å². The van der Waals surface area contributed by atoms with Crippen LogP contribution in [0.15, 0.2) is 72.8 Å². The third-order valence-corrected chi connectivity index (χ3v) is 4.97. The average molecular weight is 401 g/mol. The van der Waals surface area contributed by atoms with Crippen LogP contribution in [0.3, 0.4) is 0 Å². The number of Topliss-reactive ketones (excluding diaryl/α,β-unsaturated/α-hetero) is 1. The van der Waals surface area contributed by atoms with Gasteiger partial charge in [0, 0.05) is 24.0 Å². The highest BCUT2D eigenvalue weighted by atomic mass is 16.5. The Kier molecular flexibility index (Phi) is 4.98. The van der Waals surface area contributed by atoms with Gasteiger partial charge in [-0.05, 0) is 23.8 Å². The molecule has 0 radical (unpaired) electrons. The van der Waals surface area contributed by atoms with Crippen molar-refractivity contribution < 1.29 is 24.5 Å². The van der Waals surface area contributed by atoms with E-state index >= 15 is 0 Å². The number of carbonyl (C=O) groups excluding carboxylic acids is 2. The second-order valence-corrected chi connectivity index (χ2v) is 6.87. The van der Waals surface area contributed by atoms with Crippen molar-refractivity contribution in [2.24, 2.45) is 7.05 Å². The van der Waals surface area contributed by atoms with E-state index in [1.807, 2.05) is 66.2 Å². The number of nitrogens with zero attached hydrogens (tertiary/aromatic N) is 1. The van der Waals surface area contributed by atoms with Crippen LogP contribution in [-0.4, -0.2) is 33.1 Å². The van der Waals surface area contributed by atoms with Crippen molar-refractivity contribution in [1.29, 1.82) is 0 Å². The Morgan fingerprint density at radius 3 is 2.37 bits per heavy atom. The molecule has 30 heavy (non-hydrogen) atoms. The van der Waals surface area contributed by atoms with E-state index in [4.69, 9.17) is 4.74 Å². The third kappa shape index (κ3) is 3.39. The number of aromatic hydroxyl groups is 2. The lowest BCUT2D eigenvalue weighted by Crippen LogP contribution is -2.15. The lowest BCUT2D eigenvalue weighted by Gasteiger charge is -2.09. The first-order chi connectivity index (χ1) is 14.5. The van der Waals surface area contributed by atoms with Crippen molar-refractivity contribution in [2.45, 2.75) is 0 Å². The molecule has 150 valence electrons. The third-order valence-electron chi connectivity index (χ3n) is 4.97. The summed E-state index contributed by atoms with van der Waals surface area (Å²) in [4.78, 5) is 25.5. The molecular weight excluding hydrogens is 382 g/mol. The number of esters is 1. The Morgan fingerprint density at radius 2 is 1.63 bits per heavy atom. The van der Waals surface area contributed by atoms with Crippen molar-refractivity contribution in [3.63, 3.8) is 0 Å². The highest BCUT2D eigenvalue weighted by Gasteiger charge is 2.23. The van der Waals surface area contributed by atoms with Gasteiger partial charge < -0.3 is 19.5 Å². The van der Waals surface area contributed by atoms with E-state index in [1.54, 1.807) is 0 Å². The molecule has 0 aliphatic rings. The SMILES string of the molecule is Cn1c(-c2ccccc2)c(C(=O)COC(=O)c2ccc(O)cc2O)c2ccccc21. The molecule has 0 aliphatic carbocycles. The van der Waals surface area contributed by atoms with Crippen LogP contribution >= 0.6 is 0 Å². The number of hydrogen-bond acceptors (Lipinski definition) is 5. The summed E-state index contributed by atoms with van der Waals surface area (Å²) in [5.74, 6) is -1.79. The Hall–Kier alpha value is -4.06. The highest BCUT2D eigenvalue weighted by molar-refractivity contribution is 6.14. The summed E-state index contributed by atoms with van der Waals surface area (Å²) in [6, 6.07) is 20.6. The zero-order chi connectivity index (χ0) is 21.3. The molecule has 0 atom stereocenters. The van der Waals surface area contributed by atoms with E-state index in [1.165, 1.54) is 12.1 Å². The van der Waals surface area contributed by atoms with Crippen LogP contribution < -0.4 is 0 Å². The number of aromatic nitrogens is 1. The second kappa shape index (κ2) is 7.75. The number of carbonyl (C=O) groups is 2. The molecule has 1 aromatic heterocycles. The van der Waals surface area contributed by atoms with Gasteiger partial charge in [0.15, 0.2) is 6.61 Å². The van der Waals surface area contributed by atoms with Crippen molar-refractivity contribution in [3.8, 4) is 22.8 Å². The first-order valence-electron chi connectivity index (χ1n) is 9.32. The molecule has 0 saturated heterocycles. The summed E-state index contributed by atoms with van der Waals surface area (Å²) >= 11 is 0. The van der Waals surface area contributed by atoms with Gasteiger partial charge in [-0.2, -0.15) is 0 Å². The number of phenolic OH excluding ortho intramolecular Hbond substituents is 2. The van der Waals surface area contributed by atoms with Crippen LogP contribution in [0.1, 0.15) is 20.7 Å². The van der Waals surface area contributed by atoms with Crippen molar-refractivity contribution in [2.75, 3.05) is 6.61 Å². The van der Waals surface area contributed by atoms with Gasteiger partial charge in [-0.3, -0.25) is 4.79 Å². The smallest absolute Gasteiger partial charge is 0.342 e. The summed E-state index contributed by atoms with van der Waals surface area (Å²) in [6.45, 7) is -0.479. The maximum atomic E-state index is 13.1. The summed E-state index contributed by atoms with van der Waals surface area (Å²) in [5, 5.41) is 20.0. The van der Waals surface area contributed by atoms with Gasteiger partial charge in [0.05, 0.1) is 11.3 Å². The summed E-state index contributed by atoms with van der Waals surface area (Å²) in [5.41, 5.74) is 2.86. The van der Waals surface area contributed by atoms with Crippen LogP contribution in [0.2, 0.25) is 0 Å². The molecule has 0 bridgehead atoms. The van der Waals surface area contributed by atoms with Crippen LogP contribution in [0, 0.1) is 0 Å². The number of ketones is 1. The molecule has 0 saturated carbocycles. The van der Waals surface area contributed by atoms with Crippen LogP contribution in [0.4, 0.5) is 0 Å². The van der Waals surface area contributed by atoms with E-state index in [0.29, 0.717) is 5.56 Å². The molecule has 4 aromatic rings. The van der Waals surface area contributed by atoms with Crippen molar-refractivity contribution in [3.05, 3.63) is 83.9 Å². The zero-order valence-corrected chi connectivity index (χ0v) is 16.2. The van der Waals surface area contributed by atoms with Gasteiger partial charge in [0.25, 0.3) is 0 Å². The summed E-state index contributed by atoms with van der Waals surface area (Å²) < 4.78 is 7.12. The molecule has 6 nitrogen and oxygen atoms in total. The van der Waals surface area contributed by atoms with Gasteiger partial charge in [0.1, 0.15) is 17.1 Å². The van der Waals surface area contributed by atoms with Crippen molar-refractivity contribution >= 4 is 22.7 Å². The van der Waals surface area contributed by atoms with E-state index < -0.39 is 18.3 Å². The van der Waals surface area contributed by atoms with Gasteiger partial charge in [0.2, 0.25) is 5.78 Å². The Morgan fingerprint density at radius 1 is 0.933 bits per heavy atom. The molecular formula is C24H19NO5. The lowest BCUT2D eigenvalue weighted by molar-refractivity contribution is 0.0472. The number of rotatable bonds is 5. The van der Waals surface area contributed by atoms with E-state index in [-0.39, 0.29) is 17.1 Å². The minimum Gasteiger partial charge on any atom is -0.508 e. The number of ether oxygens (including phenoxy) is 1. The second-order valence-electron chi connectivity index (χ2n) is 6.87. The highest BCUT2D eigenvalue weighted by Crippen LogP contribution is 2.33. The number of para-hydroxylation sites is 1. The van der Waals surface area contributed by atoms with E-state index in [0.717, 1.165) is 28.2 Å². The van der Waals surface area contributed by atoms with Crippen LogP contribution in [-0.2, 0) is 11.8 Å². The lowest BCUT2D eigenvalue weighted by atomic mass is 10.0. The normalized spacial score (nSPS) is 10.8. The predicted molar refractivity (Wildman–Crippen MR) is 113 cm³/mol. The van der Waals surface area contributed by atoms with Gasteiger partial charge in [-0.15, -0.1) is 0 Å². The molecule has 0 aliphatic heterocycles. The minimum absolute atomic E-state index is 0.123. The topological polar surface area (TPSA) is 88.8 Å². The fraction of sp³-hybridized carbons (Fsp3) is 0.0833. The molecule has 4 rings (SSSR count). The molecule has 0 unspecified atom stereocenters. The Bertz CT molecular complexity index is 1260.